The van der Waals surface area contributed by atoms with Crippen LogP contribution in [0.25, 0.3) is 0 Å². The topological polar surface area (TPSA) is 79.3 Å². The van der Waals surface area contributed by atoms with Crippen LogP contribution in [0.4, 0.5) is 13.2 Å². The van der Waals surface area contributed by atoms with Gasteiger partial charge in [0.2, 0.25) is 0 Å². The molecular weight excluding hydrogens is 265 g/mol. The second-order valence-electron chi connectivity index (χ2n) is 3.76. The summed E-state index contributed by atoms with van der Waals surface area (Å²) < 4.78 is 35.6. The Balaban J connectivity index is 2.68. The number of halogens is 3. The molecule has 0 radical (unpaired) electrons. The Kier molecular flexibility index (Phi) is 4.47. The van der Waals surface area contributed by atoms with Gasteiger partial charge in [0.05, 0.1) is 17.7 Å². The van der Waals surface area contributed by atoms with Crippen molar-refractivity contribution in [3.05, 3.63) is 29.1 Å². The van der Waals surface area contributed by atoms with Crippen LogP contribution in [0.5, 0.6) is 0 Å². The molecule has 1 aromatic rings. The van der Waals surface area contributed by atoms with Crippen LogP contribution in [0.3, 0.4) is 0 Å². The SMILES string of the molecule is Cc1nc(C(=O)NCCC(F)(F)F)ccc1C(=O)O. The molecule has 5 nitrogen and oxygen atoms in total. The number of amides is 1. The van der Waals surface area contributed by atoms with E-state index < -0.39 is 31.0 Å². The molecule has 0 spiro atoms. The number of pyridine rings is 1. The lowest BCUT2D eigenvalue weighted by Gasteiger charge is -2.08. The maximum absolute atomic E-state index is 11.9. The zero-order valence-corrected chi connectivity index (χ0v) is 9.91. The number of hydrogen-bond donors (Lipinski definition) is 2. The van der Waals surface area contributed by atoms with E-state index >= 15 is 0 Å². The van der Waals surface area contributed by atoms with Crippen LogP contribution >= 0.6 is 0 Å². The number of carbonyl (C=O) groups excluding carboxylic acids is 1. The van der Waals surface area contributed by atoms with Gasteiger partial charge in [-0.25, -0.2) is 9.78 Å². The standard InChI is InChI=1S/C11H11F3N2O3/c1-6-7(10(18)19)2-3-8(16-6)9(17)15-5-4-11(12,13)14/h2-3H,4-5H2,1H3,(H,15,17)(H,18,19). The lowest BCUT2D eigenvalue weighted by Crippen LogP contribution is -2.28. The highest BCUT2D eigenvalue weighted by Crippen LogP contribution is 2.18. The van der Waals surface area contributed by atoms with Gasteiger partial charge in [0.1, 0.15) is 5.69 Å². The highest BCUT2D eigenvalue weighted by atomic mass is 19.4. The number of nitrogens with one attached hydrogen (secondary N) is 1. The summed E-state index contributed by atoms with van der Waals surface area (Å²) in [5, 5.41) is 10.8. The van der Waals surface area contributed by atoms with E-state index in [1.54, 1.807) is 0 Å². The Morgan fingerprint density at radius 1 is 1.37 bits per heavy atom. The molecular formula is C11H11F3N2O3. The molecule has 1 rings (SSSR count). The first-order valence-electron chi connectivity index (χ1n) is 5.26. The summed E-state index contributed by atoms with van der Waals surface area (Å²) >= 11 is 0. The molecule has 2 N–H and O–H groups in total. The normalized spacial score (nSPS) is 11.2. The molecule has 1 amide bonds. The molecule has 0 saturated carbocycles. The zero-order valence-electron chi connectivity index (χ0n) is 9.91. The van der Waals surface area contributed by atoms with Crippen LogP contribution in [0.1, 0.15) is 33.0 Å². The van der Waals surface area contributed by atoms with Gasteiger partial charge in [0.15, 0.2) is 0 Å². The molecule has 0 saturated heterocycles. The molecule has 8 heteroatoms. The van der Waals surface area contributed by atoms with Crippen molar-refractivity contribution in [3.8, 4) is 0 Å². The van der Waals surface area contributed by atoms with Gasteiger partial charge in [-0.2, -0.15) is 13.2 Å². The molecule has 0 aliphatic carbocycles. The number of aromatic carboxylic acids is 1. The largest absolute Gasteiger partial charge is 0.478 e. The predicted molar refractivity (Wildman–Crippen MR) is 58.9 cm³/mol. The van der Waals surface area contributed by atoms with Crippen molar-refractivity contribution in [1.82, 2.24) is 10.3 Å². The van der Waals surface area contributed by atoms with Crippen molar-refractivity contribution >= 4 is 11.9 Å². The molecule has 0 fully saturated rings. The van der Waals surface area contributed by atoms with Gasteiger partial charge in [-0.15, -0.1) is 0 Å². The Morgan fingerprint density at radius 2 is 2.00 bits per heavy atom. The molecule has 1 heterocycles. The smallest absolute Gasteiger partial charge is 0.390 e. The van der Waals surface area contributed by atoms with Crippen LogP contribution in [0.2, 0.25) is 0 Å². The minimum atomic E-state index is -4.34. The van der Waals surface area contributed by atoms with Crippen LogP contribution in [-0.2, 0) is 0 Å². The van der Waals surface area contributed by atoms with E-state index in [2.05, 4.69) is 10.3 Å². The van der Waals surface area contributed by atoms with Gasteiger partial charge in [-0.1, -0.05) is 0 Å². The molecule has 0 atom stereocenters. The van der Waals surface area contributed by atoms with Crippen LogP contribution < -0.4 is 5.32 Å². The number of hydrogen-bond acceptors (Lipinski definition) is 3. The molecule has 1 aromatic heterocycles. The second-order valence-corrected chi connectivity index (χ2v) is 3.76. The Morgan fingerprint density at radius 3 is 2.47 bits per heavy atom. The number of aryl methyl sites for hydroxylation is 1. The Bertz CT molecular complexity index is 500. The third-order valence-electron chi connectivity index (χ3n) is 2.24. The van der Waals surface area contributed by atoms with Gasteiger partial charge in [0, 0.05) is 6.54 Å². The Hall–Kier alpha value is -2.12. The summed E-state index contributed by atoms with van der Waals surface area (Å²) in [5.74, 6) is -1.96. The van der Waals surface area contributed by atoms with E-state index in [9.17, 15) is 22.8 Å². The Labute approximate surface area is 106 Å². The van der Waals surface area contributed by atoms with E-state index in [1.807, 2.05) is 0 Å². The molecule has 19 heavy (non-hydrogen) atoms. The maximum Gasteiger partial charge on any atom is 0.390 e. The van der Waals surface area contributed by atoms with Crippen molar-refractivity contribution in [2.24, 2.45) is 0 Å². The second kappa shape index (κ2) is 5.68. The molecule has 0 aliphatic heterocycles. The fourth-order valence-electron chi connectivity index (χ4n) is 1.32. The van der Waals surface area contributed by atoms with E-state index in [4.69, 9.17) is 5.11 Å². The number of nitrogens with zero attached hydrogens (tertiary/aromatic N) is 1. The molecule has 104 valence electrons. The third-order valence-corrected chi connectivity index (χ3v) is 2.24. The highest BCUT2D eigenvalue weighted by Gasteiger charge is 2.26. The van der Waals surface area contributed by atoms with Gasteiger partial charge in [0.25, 0.3) is 5.91 Å². The molecule has 0 bridgehead atoms. The van der Waals surface area contributed by atoms with Crippen LogP contribution in [0.15, 0.2) is 12.1 Å². The fraction of sp³-hybridized carbons (Fsp3) is 0.364. The first-order valence-corrected chi connectivity index (χ1v) is 5.26. The first-order chi connectivity index (χ1) is 8.70. The summed E-state index contributed by atoms with van der Waals surface area (Å²) in [6, 6.07) is 2.34. The molecule has 0 aliphatic rings. The minimum absolute atomic E-state index is 0.0631. The van der Waals surface area contributed by atoms with E-state index in [-0.39, 0.29) is 17.0 Å². The average molecular weight is 276 g/mol. The lowest BCUT2D eigenvalue weighted by atomic mass is 10.2. The van der Waals surface area contributed by atoms with Gasteiger partial charge in [-0.05, 0) is 19.1 Å². The number of aromatic nitrogens is 1. The third kappa shape index (κ3) is 4.57. The quantitative estimate of drug-likeness (QED) is 0.878. The van der Waals surface area contributed by atoms with Crippen molar-refractivity contribution in [1.29, 1.82) is 0 Å². The van der Waals surface area contributed by atoms with Crippen LogP contribution in [-0.4, -0.2) is 34.7 Å². The zero-order chi connectivity index (χ0) is 14.6. The fourth-order valence-corrected chi connectivity index (χ4v) is 1.32. The summed E-state index contributed by atoms with van der Waals surface area (Å²) in [4.78, 5) is 25.9. The maximum atomic E-state index is 11.9. The molecule has 0 aromatic carbocycles. The lowest BCUT2D eigenvalue weighted by molar-refractivity contribution is -0.133. The van der Waals surface area contributed by atoms with Gasteiger partial charge in [-0.3, -0.25) is 4.79 Å². The summed E-state index contributed by atoms with van der Waals surface area (Å²) in [6.45, 7) is 0.847. The van der Waals surface area contributed by atoms with Crippen molar-refractivity contribution in [3.63, 3.8) is 0 Å². The number of carboxylic acid groups (broad SMARTS) is 1. The van der Waals surface area contributed by atoms with E-state index in [0.29, 0.717) is 0 Å². The minimum Gasteiger partial charge on any atom is -0.478 e. The van der Waals surface area contributed by atoms with Crippen LogP contribution in [0, 0.1) is 6.92 Å². The van der Waals surface area contributed by atoms with Gasteiger partial charge < -0.3 is 10.4 Å². The van der Waals surface area contributed by atoms with E-state index in [0.717, 1.165) is 6.07 Å². The summed E-state index contributed by atoms with van der Waals surface area (Å²) in [5.41, 5.74) is -0.0625. The molecule has 0 unspecified atom stereocenters. The van der Waals surface area contributed by atoms with E-state index in [1.165, 1.54) is 13.0 Å². The van der Waals surface area contributed by atoms with Gasteiger partial charge >= 0.3 is 12.1 Å². The number of alkyl halides is 3. The average Bonchev–Trinajstić information content (AvgIpc) is 2.26. The predicted octanol–water partition coefficient (Wildman–Crippen LogP) is 1.77. The summed E-state index contributed by atoms with van der Waals surface area (Å²) in [6.07, 6.45) is -5.48. The number of carbonyl (C=O) groups is 2. The first kappa shape index (κ1) is 14.9. The highest BCUT2D eigenvalue weighted by molar-refractivity contribution is 5.94. The summed E-state index contributed by atoms with van der Waals surface area (Å²) in [7, 11) is 0. The monoisotopic (exact) mass is 276 g/mol. The van der Waals surface area contributed by atoms with Crippen molar-refractivity contribution in [2.45, 2.75) is 19.5 Å². The van der Waals surface area contributed by atoms with Crippen molar-refractivity contribution in [2.75, 3.05) is 6.54 Å². The number of carboxylic acids is 1. The number of rotatable bonds is 4. The van der Waals surface area contributed by atoms with Crippen molar-refractivity contribution < 1.29 is 27.9 Å².